The van der Waals surface area contributed by atoms with Gasteiger partial charge in [0.25, 0.3) is 5.91 Å². The number of amides is 2. The number of carbonyl (C=O) groups excluding carboxylic acids is 2. The topological polar surface area (TPSA) is 92.4 Å². The summed E-state index contributed by atoms with van der Waals surface area (Å²) >= 11 is 12.0. The van der Waals surface area contributed by atoms with Gasteiger partial charge in [-0.3, -0.25) is 9.59 Å². The molecule has 1 atom stereocenters. The Bertz CT molecular complexity index is 1240. The summed E-state index contributed by atoms with van der Waals surface area (Å²) in [6.07, 6.45) is 2.26. The molecule has 0 saturated heterocycles. The van der Waals surface area contributed by atoms with Crippen molar-refractivity contribution in [2.75, 3.05) is 17.2 Å². The van der Waals surface area contributed by atoms with Gasteiger partial charge in [0.05, 0.1) is 17.7 Å². The number of nitrogens with zero attached hydrogens (tertiary/aromatic N) is 1. The maximum atomic E-state index is 12.8. The van der Waals surface area contributed by atoms with Gasteiger partial charge < -0.3 is 20.7 Å². The molecule has 2 amide bonds. The van der Waals surface area contributed by atoms with E-state index in [4.69, 9.17) is 27.9 Å². The minimum absolute atomic E-state index is 0.0234. The molecule has 9 heteroatoms. The Balaban J connectivity index is 1.11. The zero-order valence-electron chi connectivity index (χ0n) is 18.3. The maximum Gasteiger partial charge on any atom is 0.263 e. The van der Waals surface area contributed by atoms with Crippen LogP contribution >= 0.6 is 23.2 Å². The summed E-state index contributed by atoms with van der Waals surface area (Å²) < 4.78 is 5.84. The Morgan fingerprint density at radius 3 is 2.53 bits per heavy atom. The van der Waals surface area contributed by atoms with Crippen molar-refractivity contribution in [2.45, 2.75) is 37.8 Å². The predicted molar refractivity (Wildman–Crippen MR) is 134 cm³/mol. The first-order valence-corrected chi connectivity index (χ1v) is 12.1. The van der Waals surface area contributed by atoms with E-state index in [0.29, 0.717) is 41.0 Å². The van der Waals surface area contributed by atoms with Gasteiger partial charge in [-0.25, -0.2) is 4.98 Å². The second-order valence-electron chi connectivity index (χ2n) is 8.71. The third kappa shape index (κ3) is 5.05. The van der Waals surface area contributed by atoms with E-state index >= 15 is 0 Å². The standard InChI is InChI=1S/C25H24Cl2N4O3/c26-16-4-8-19-15(11-16)3-10-23(30-19)31-24(32)14-1-6-18(7-2-14)29-25(33)22-13-28-20-12-17(27)5-9-21(20)34-22/h3-5,8-12,14,18,22,28H,1-2,6-7,13H2,(H,29,33)(H,30,31,32)/t14?,18?,22-/m0/s1. The average Bonchev–Trinajstić information content (AvgIpc) is 2.84. The monoisotopic (exact) mass is 498 g/mol. The first-order chi connectivity index (χ1) is 16.4. The van der Waals surface area contributed by atoms with Crippen LogP contribution < -0.4 is 20.7 Å². The molecule has 1 fully saturated rings. The van der Waals surface area contributed by atoms with Crippen LogP contribution in [-0.4, -0.2) is 35.5 Å². The van der Waals surface area contributed by atoms with Crippen molar-refractivity contribution >= 4 is 57.4 Å². The number of pyridine rings is 1. The van der Waals surface area contributed by atoms with Gasteiger partial charge >= 0.3 is 0 Å². The van der Waals surface area contributed by atoms with Gasteiger partial charge in [0.2, 0.25) is 5.91 Å². The predicted octanol–water partition coefficient (Wildman–Crippen LogP) is 5.03. The van der Waals surface area contributed by atoms with Gasteiger partial charge in [-0.15, -0.1) is 0 Å². The van der Waals surface area contributed by atoms with E-state index in [9.17, 15) is 9.59 Å². The van der Waals surface area contributed by atoms with Crippen LogP contribution in [0.4, 0.5) is 11.5 Å². The average molecular weight is 499 g/mol. The Morgan fingerprint density at radius 2 is 1.71 bits per heavy atom. The lowest BCUT2D eigenvalue weighted by atomic mass is 9.85. The fourth-order valence-electron chi connectivity index (χ4n) is 4.48. The minimum atomic E-state index is -0.608. The lowest BCUT2D eigenvalue weighted by Gasteiger charge is -2.31. The minimum Gasteiger partial charge on any atom is -0.477 e. The first-order valence-electron chi connectivity index (χ1n) is 11.3. The molecule has 1 saturated carbocycles. The number of anilines is 2. The van der Waals surface area contributed by atoms with E-state index in [1.807, 2.05) is 18.2 Å². The molecule has 176 valence electrons. The number of nitrogens with one attached hydrogen (secondary N) is 3. The molecule has 3 N–H and O–H groups in total. The van der Waals surface area contributed by atoms with Crippen LogP contribution in [-0.2, 0) is 9.59 Å². The lowest BCUT2D eigenvalue weighted by Crippen LogP contribution is -2.49. The molecule has 2 aromatic carbocycles. The number of hydrogen-bond acceptors (Lipinski definition) is 5. The van der Waals surface area contributed by atoms with Crippen LogP contribution in [0.1, 0.15) is 25.7 Å². The normalized spacial score (nSPS) is 21.6. The van der Waals surface area contributed by atoms with E-state index in [2.05, 4.69) is 20.9 Å². The van der Waals surface area contributed by atoms with Gasteiger partial charge in [-0.2, -0.15) is 0 Å². The fraction of sp³-hybridized carbons (Fsp3) is 0.320. The van der Waals surface area contributed by atoms with Gasteiger partial charge in [0, 0.05) is 27.4 Å². The van der Waals surface area contributed by atoms with Crippen molar-refractivity contribution in [2.24, 2.45) is 5.92 Å². The molecule has 1 aliphatic carbocycles. The molecular formula is C25H24Cl2N4O3. The SMILES string of the molecule is O=C(Nc1ccc2cc(Cl)ccc2n1)C1CCC(NC(=O)[C@@H]2CNc3cc(Cl)ccc3O2)CC1. The summed E-state index contributed by atoms with van der Waals surface area (Å²) in [5.74, 6) is 0.836. The van der Waals surface area contributed by atoms with Crippen LogP contribution in [0.25, 0.3) is 10.9 Å². The highest BCUT2D eigenvalue weighted by Gasteiger charge is 2.31. The number of aromatic nitrogens is 1. The number of hydrogen-bond donors (Lipinski definition) is 3. The second-order valence-corrected chi connectivity index (χ2v) is 9.58. The zero-order valence-corrected chi connectivity index (χ0v) is 19.8. The third-order valence-electron chi connectivity index (χ3n) is 6.33. The van der Waals surface area contributed by atoms with Gasteiger partial charge in [0.1, 0.15) is 11.6 Å². The summed E-state index contributed by atoms with van der Waals surface area (Å²) in [6.45, 7) is 0.377. The fourth-order valence-corrected chi connectivity index (χ4v) is 4.83. The Morgan fingerprint density at radius 1 is 0.941 bits per heavy atom. The van der Waals surface area contributed by atoms with Crippen molar-refractivity contribution in [3.63, 3.8) is 0 Å². The summed E-state index contributed by atoms with van der Waals surface area (Å²) in [4.78, 5) is 30.0. The van der Waals surface area contributed by atoms with E-state index in [1.54, 1.807) is 30.3 Å². The molecule has 7 nitrogen and oxygen atoms in total. The molecule has 0 spiro atoms. The van der Waals surface area contributed by atoms with Crippen LogP contribution in [0.3, 0.4) is 0 Å². The van der Waals surface area contributed by atoms with Gasteiger partial charge in [0.15, 0.2) is 6.10 Å². The smallest absolute Gasteiger partial charge is 0.263 e. The molecule has 34 heavy (non-hydrogen) atoms. The van der Waals surface area contributed by atoms with E-state index in [1.165, 1.54) is 0 Å². The quantitative estimate of drug-likeness (QED) is 0.469. The first kappa shape index (κ1) is 22.7. The molecule has 0 bridgehead atoms. The van der Waals surface area contributed by atoms with Crippen molar-refractivity contribution in [3.05, 3.63) is 58.6 Å². The molecule has 1 aromatic heterocycles. The van der Waals surface area contributed by atoms with Crippen molar-refractivity contribution < 1.29 is 14.3 Å². The molecule has 2 heterocycles. The number of carbonyl (C=O) groups is 2. The summed E-state index contributed by atoms with van der Waals surface area (Å²) in [5.41, 5.74) is 1.56. The number of rotatable bonds is 4. The van der Waals surface area contributed by atoms with Crippen molar-refractivity contribution in [1.29, 1.82) is 0 Å². The van der Waals surface area contributed by atoms with Crippen LogP contribution in [0.5, 0.6) is 5.75 Å². The number of benzene rings is 2. The van der Waals surface area contributed by atoms with E-state index < -0.39 is 6.10 Å². The van der Waals surface area contributed by atoms with Gasteiger partial charge in [-0.05, 0) is 74.2 Å². The molecular weight excluding hydrogens is 475 g/mol. The number of halogens is 2. The van der Waals surface area contributed by atoms with Crippen molar-refractivity contribution in [1.82, 2.24) is 10.3 Å². The van der Waals surface area contributed by atoms with E-state index in [-0.39, 0.29) is 23.8 Å². The molecule has 5 rings (SSSR count). The largest absolute Gasteiger partial charge is 0.477 e. The Hall–Kier alpha value is -3.03. The molecule has 3 aromatic rings. The van der Waals surface area contributed by atoms with E-state index in [0.717, 1.165) is 29.4 Å². The third-order valence-corrected chi connectivity index (χ3v) is 6.80. The number of ether oxygens (including phenoxy) is 1. The maximum absolute atomic E-state index is 12.8. The number of fused-ring (bicyclic) bond motifs is 2. The van der Waals surface area contributed by atoms with Crippen LogP contribution in [0, 0.1) is 5.92 Å². The summed E-state index contributed by atoms with van der Waals surface area (Å²) in [5, 5.41) is 11.4. The highest BCUT2D eigenvalue weighted by Crippen LogP contribution is 2.32. The molecule has 0 radical (unpaired) electrons. The second kappa shape index (κ2) is 9.68. The molecule has 0 unspecified atom stereocenters. The highest BCUT2D eigenvalue weighted by molar-refractivity contribution is 6.31. The molecule has 2 aliphatic rings. The highest BCUT2D eigenvalue weighted by atomic mass is 35.5. The Labute approximate surface area is 207 Å². The van der Waals surface area contributed by atoms with Crippen LogP contribution in [0.15, 0.2) is 48.5 Å². The zero-order chi connectivity index (χ0) is 23.7. The van der Waals surface area contributed by atoms with Crippen molar-refractivity contribution in [3.8, 4) is 5.75 Å². The summed E-state index contributed by atoms with van der Waals surface area (Å²) in [7, 11) is 0. The Kier molecular flexibility index (Phi) is 6.48. The summed E-state index contributed by atoms with van der Waals surface area (Å²) in [6, 6.07) is 14.4. The van der Waals surface area contributed by atoms with Crippen LogP contribution in [0.2, 0.25) is 10.0 Å². The lowest BCUT2D eigenvalue weighted by molar-refractivity contribution is -0.128. The molecule has 1 aliphatic heterocycles. The van der Waals surface area contributed by atoms with Gasteiger partial charge in [-0.1, -0.05) is 23.2 Å².